The first-order valence-electron chi connectivity index (χ1n) is 7.40. The Morgan fingerprint density at radius 2 is 1.64 bits per heavy atom. The largest absolute Gasteiger partial charge is 0.507 e. The number of hydrogen-bond donors (Lipinski definition) is 3. The molecule has 0 aliphatic carbocycles. The van der Waals surface area contributed by atoms with Crippen molar-refractivity contribution in [2.75, 3.05) is 14.2 Å². The number of hydrogen-bond acceptors (Lipinski definition) is 6. The van der Waals surface area contributed by atoms with Crippen molar-refractivity contribution in [3.8, 4) is 39.9 Å². The third-order valence-corrected chi connectivity index (χ3v) is 4.04. The maximum atomic E-state index is 11.3. The number of rotatable bonds is 4. The first-order chi connectivity index (χ1) is 12.0. The molecule has 25 heavy (non-hydrogen) atoms. The van der Waals surface area contributed by atoms with E-state index in [-0.39, 0.29) is 34.3 Å². The van der Waals surface area contributed by atoms with Gasteiger partial charge in [0.2, 0.25) is 0 Å². The van der Waals surface area contributed by atoms with Crippen molar-refractivity contribution < 1.29 is 29.6 Å². The summed E-state index contributed by atoms with van der Waals surface area (Å²) in [4.78, 5) is 11.3. The van der Waals surface area contributed by atoms with Crippen molar-refractivity contribution in [2.45, 2.75) is 0 Å². The van der Waals surface area contributed by atoms with Crippen molar-refractivity contribution in [2.24, 2.45) is 0 Å². The maximum absolute atomic E-state index is 11.3. The second kappa shape index (κ2) is 6.24. The summed E-state index contributed by atoms with van der Waals surface area (Å²) in [6.45, 7) is 0. The van der Waals surface area contributed by atoms with Crippen LogP contribution in [0.5, 0.6) is 28.7 Å². The molecule has 0 aliphatic heterocycles. The molecule has 6 nitrogen and oxygen atoms in total. The highest BCUT2D eigenvalue weighted by Gasteiger charge is 2.20. The van der Waals surface area contributed by atoms with Gasteiger partial charge in [0.15, 0.2) is 29.3 Å². The minimum atomic E-state index is -0.251. The lowest BCUT2D eigenvalue weighted by molar-refractivity contribution is 0.112. The molecule has 0 unspecified atom stereocenters. The molecule has 0 atom stereocenters. The van der Waals surface area contributed by atoms with Gasteiger partial charge < -0.3 is 24.8 Å². The van der Waals surface area contributed by atoms with Crippen LogP contribution in [0.3, 0.4) is 0 Å². The van der Waals surface area contributed by atoms with Gasteiger partial charge in [-0.2, -0.15) is 0 Å². The lowest BCUT2D eigenvalue weighted by Gasteiger charge is -2.16. The Morgan fingerprint density at radius 1 is 0.920 bits per heavy atom. The van der Waals surface area contributed by atoms with Gasteiger partial charge in [-0.15, -0.1) is 0 Å². The predicted octanol–water partition coefficient (Wildman–Crippen LogP) is 3.45. The molecule has 6 heteroatoms. The van der Waals surface area contributed by atoms with Crippen molar-refractivity contribution in [3.05, 3.63) is 42.0 Å². The fourth-order valence-electron chi connectivity index (χ4n) is 2.87. The number of phenolic OH excluding ortho intramolecular Hbond substituents is 3. The van der Waals surface area contributed by atoms with Crippen LogP contribution >= 0.6 is 0 Å². The summed E-state index contributed by atoms with van der Waals surface area (Å²) in [5, 5.41) is 31.6. The van der Waals surface area contributed by atoms with Crippen molar-refractivity contribution in [3.63, 3.8) is 0 Å². The van der Waals surface area contributed by atoms with Crippen molar-refractivity contribution >= 4 is 17.1 Å². The summed E-state index contributed by atoms with van der Waals surface area (Å²) in [5.74, 6) is -0.0243. The summed E-state index contributed by atoms with van der Waals surface area (Å²) < 4.78 is 10.4. The number of aldehydes is 1. The molecule has 0 aromatic heterocycles. The average Bonchev–Trinajstić information content (AvgIpc) is 2.62. The molecule has 0 aliphatic rings. The molecule has 0 bridgehead atoms. The highest BCUT2D eigenvalue weighted by atomic mass is 16.5. The molecule has 3 aromatic carbocycles. The van der Waals surface area contributed by atoms with E-state index >= 15 is 0 Å². The van der Waals surface area contributed by atoms with Crippen molar-refractivity contribution in [1.82, 2.24) is 0 Å². The number of aromatic hydroxyl groups is 3. The van der Waals surface area contributed by atoms with E-state index in [0.29, 0.717) is 28.2 Å². The first-order valence-corrected chi connectivity index (χ1v) is 7.40. The number of carbonyl (C=O) groups is 1. The van der Waals surface area contributed by atoms with Crippen LogP contribution in [0, 0.1) is 0 Å². The summed E-state index contributed by atoms with van der Waals surface area (Å²) in [7, 11) is 2.81. The Labute approximate surface area is 143 Å². The SMILES string of the molecule is COc1cc(-c2c(O)c(C=O)cc3ccc(O)c(OC)c23)ccc1O. The zero-order valence-corrected chi connectivity index (χ0v) is 13.6. The van der Waals surface area contributed by atoms with Crippen LogP contribution in [0.1, 0.15) is 10.4 Å². The molecule has 0 amide bonds. The van der Waals surface area contributed by atoms with E-state index in [1.54, 1.807) is 12.1 Å². The monoisotopic (exact) mass is 340 g/mol. The van der Waals surface area contributed by atoms with Gasteiger partial charge in [0.1, 0.15) is 5.75 Å². The van der Waals surface area contributed by atoms with E-state index in [1.165, 1.54) is 38.5 Å². The van der Waals surface area contributed by atoms with Gasteiger partial charge in [0.05, 0.1) is 19.8 Å². The van der Waals surface area contributed by atoms with Gasteiger partial charge in [0, 0.05) is 10.9 Å². The van der Waals surface area contributed by atoms with E-state index in [9.17, 15) is 20.1 Å². The number of benzene rings is 3. The molecule has 0 heterocycles. The molecule has 0 radical (unpaired) electrons. The van der Waals surface area contributed by atoms with Crippen LogP contribution in [-0.4, -0.2) is 35.8 Å². The highest BCUT2D eigenvalue weighted by molar-refractivity contribution is 6.08. The molecule has 0 fully saturated rings. The smallest absolute Gasteiger partial charge is 0.169 e. The van der Waals surface area contributed by atoms with Crippen LogP contribution in [0.25, 0.3) is 21.9 Å². The molecule has 128 valence electrons. The molecular weight excluding hydrogens is 324 g/mol. The van der Waals surface area contributed by atoms with Crippen LogP contribution in [-0.2, 0) is 0 Å². The molecular formula is C19H16O6. The molecule has 0 saturated heterocycles. The van der Waals surface area contributed by atoms with Gasteiger partial charge in [0.25, 0.3) is 0 Å². The first kappa shape index (κ1) is 16.4. The van der Waals surface area contributed by atoms with Gasteiger partial charge in [-0.3, -0.25) is 4.79 Å². The van der Waals surface area contributed by atoms with E-state index < -0.39 is 0 Å². The second-order valence-corrected chi connectivity index (χ2v) is 5.41. The number of ether oxygens (including phenoxy) is 2. The quantitative estimate of drug-likeness (QED) is 0.630. The highest BCUT2D eigenvalue weighted by Crippen LogP contribution is 2.47. The fourth-order valence-corrected chi connectivity index (χ4v) is 2.87. The normalized spacial score (nSPS) is 10.6. The maximum Gasteiger partial charge on any atom is 0.169 e. The van der Waals surface area contributed by atoms with Gasteiger partial charge in [-0.05, 0) is 35.2 Å². The number of carbonyl (C=O) groups excluding carboxylic acids is 1. The fraction of sp³-hybridized carbons (Fsp3) is 0.105. The van der Waals surface area contributed by atoms with Crippen LogP contribution in [0.4, 0.5) is 0 Å². The van der Waals surface area contributed by atoms with E-state index in [1.807, 2.05) is 0 Å². The molecule has 3 aromatic rings. The Balaban J connectivity index is 2.49. The third-order valence-electron chi connectivity index (χ3n) is 4.04. The average molecular weight is 340 g/mol. The van der Waals surface area contributed by atoms with Gasteiger partial charge in [-0.25, -0.2) is 0 Å². The van der Waals surface area contributed by atoms with E-state index in [0.717, 1.165) is 0 Å². The number of fused-ring (bicyclic) bond motifs is 1. The Bertz CT molecular complexity index is 978. The standard InChI is InChI=1S/C19H16O6/c1-24-15-8-11(3-5-13(15)21)16-17-10(7-12(9-20)18(16)23)4-6-14(22)19(17)25-2/h3-9,21-23H,1-2H3. The molecule has 3 rings (SSSR count). The van der Waals surface area contributed by atoms with Gasteiger partial charge >= 0.3 is 0 Å². The lowest BCUT2D eigenvalue weighted by Crippen LogP contribution is -1.94. The van der Waals surface area contributed by atoms with Crippen LogP contribution in [0.15, 0.2) is 36.4 Å². The van der Waals surface area contributed by atoms with Crippen LogP contribution < -0.4 is 9.47 Å². The summed E-state index contributed by atoms with van der Waals surface area (Å²) in [6.07, 6.45) is 0.551. The lowest BCUT2D eigenvalue weighted by atomic mass is 9.93. The zero-order valence-electron chi connectivity index (χ0n) is 13.6. The Morgan fingerprint density at radius 3 is 2.28 bits per heavy atom. The predicted molar refractivity (Wildman–Crippen MR) is 92.9 cm³/mol. The summed E-state index contributed by atoms with van der Waals surface area (Å²) in [5.41, 5.74) is 0.887. The Hall–Kier alpha value is -3.41. The molecule has 3 N–H and O–H groups in total. The number of phenols is 3. The third kappa shape index (κ3) is 2.57. The molecule has 0 saturated carbocycles. The second-order valence-electron chi connectivity index (χ2n) is 5.41. The Kier molecular flexibility index (Phi) is 4.10. The summed E-state index contributed by atoms with van der Waals surface area (Å²) >= 11 is 0. The van der Waals surface area contributed by atoms with Gasteiger partial charge in [-0.1, -0.05) is 12.1 Å². The minimum absolute atomic E-state index is 0.0589. The topological polar surface area (TPSA) is 96.2 Å². The number of methoxy groups -OCH3 is 2. The van der Waals surface area contributed by atoms with E-state index in [2.05, 4.69) is 0 Å². The van der Waals surface area contributed by atoms with E-state index in [4.69, 9.17) is 9.47 Å². The summed E-state index contributed by atoms with van der Waals surface area (Å²) in [6, 6.07) is 9.12. The van der Waals surface area contributed by atoms with Crippen LogP contribution in [0.2, 0.25) is 0 Å². The minimum Gasteiger partial charge on any atom is -0.507 e. The van der Waals surface area contributed by atoms with Crippen molar-refractivity contribution in [1.29, 1.82) is 0 Å². The molecule has 0 spiro atoms. The zero-order chi connectivity index (χ0) is 18.1.